The quantitative estimate of drug-likeness (QED) is 0.336. The molecule has 0 saturated heterocycles. The van der Waals surface area contributed by atoms with Gasteiger partial charge in [0, 0.05) is 11.4 Å². The van der Waals surface area contributed by atoms with E-state index in [1.807, 2.05) is 31.2 Å². The Kier molecular flexibility index (Phi) is 8.81. The number of amides is 1. The lowest BCUT2D eigenvalue weighted by atomic mass is 9.82. The van der Waals surface area contributed by atoms with Crippen molar-refractivity contribution in [2.75, 3.05) is 24.8 Å². The Hall–Kier alpha value is -4.16. The van der Waals surface area contributed by atoms with Crippen molar-refractivity contribution in [1.82, 2.24) is 5.32 Å². The van der Waals surface area contributed by atoms with Gasteiger partial charge in [-0.2, -0.15) is 5.26 Å². The van der Waals surface area contributed by atoms with Gasteiger partial charge >= 0.3 is 5.97 Å². The van der Waals surface area contributed by atoms with Crippen molar-refractivity contribution in [3.63, 3.8) is 0 Å². The number of benzene rings is 2. The molecule has 0 spiro atoms. The molecule has 3 N–H and O–H groups in total. The number of hydrogen-bond donors (Lipinski definition) is 3. The Morgan fingerprint density at radius 2 is 1.97 bits per heavy atom. The monoisotopic (exact) mass is 505 g/mol. The first-order chi connectivity index (χ1) is 17.3. The summed E-state index contributed by atoms with van der Waals surface area (Å²) in [7, 11) is 1.41. The Bertz CT molecular complexity index is 1280. The lowest BCUT2D eigenvalue weighted by Crippen LogP contribution is -2.29. The molecule has 0 fully saturated rings. The first-order valence-corrected chi connectivity index (χ1v) is 12.0. The number of rotatable bonds is 9. The van der Waals surface area contributed by atoms with E-state index < -0.39 is 11.9 Å². The number of methoxy groups -OCH3 is 1. The van der Waals surface area contributed by atoms with Crippen LogP contribution < -0.4 is 15.4 Å². The molecule has 9 heteroatoms. The topological polar surface area (TPSA) is 121 Å². The maximum absolute atomic E-state index is 13.0. The van der Waals surface area contributed by atoms with E-state index in [1.54, 1.807) is 19.1 Å². The van der Waals surface area contributed by atoms with Crippen LogP contribution in [0.2, 0.25) is 0 Å². The summed E-state index contributed by atoms with van der Waals surface area (Å²) in [6.07, 6.45) is 1.46. The van der Waals surface area contributed by atoms with Gasteiger partial charge in [-0.25, -0.2) is 4.79 Å². The molecular formula is C27H27N3O5S. The van der Waals surface area contributed by atoms with Crippen LogP contribution in [0, 0.1) is 18.3 Å². The van der Waals surface area contributed by atoms with E-state index >= 15 is 0 Å². The smallest absolute Gasteiger partial charge is 0.337 e. The first-order valence-electron chi connectivity index (χ1n) is 11.0. The predicted molar refractivity (Wildman–Crippen MR) is 139 cm³/mol. The SMILES string of the molecule is C=CCOC(=O)C1=C(C)NC(SCC(=O)Nc2ccc(C)cc2)=C(C#N)C1c1ccc(O)c(OC)c1. The van der Waals surface area contributed by atoms with Crippen molar-refractivity contribution in [3.8, 4) is 17.6 Å². The third-order valence-electron chi connectivity index (χ3n) is 5.42. The number of thioether (sulfide) groups is 1. The highest BCUT2D eigenvalue weighted by Gasteiger charge is 2.36. The van der Waals surface area contributed by atoms with Gasteiger partial charge in [-0.05, 0) is 43.7 Å². The van der Waals surface area contributed by atoms with Gasteiger partial charge in [-0.1, -0.05) is 48.2 Å². The van der Waals surface area contributed by atoms with Crippen LogP contribution in [0.25, 0.3) is 0 Å². The Morgan fingerprint density at radius 3 is 2.61 bits per heavy atom. The second-order valence-corrected chi connectivity index (χ2v) is 8.96. The molecule has 0 saturated carbocycles. The molecule has 1 heterocycles. The lowest BCUT2D eigenvalue weighted by molar-refractivity contribution is -0.138. The average Bonchev–Trinajstić information content (AvgIpc) is 2.87. The fraction of sp³-hybridized carbons (Fsp3) is 0.222. The Morgan fingerprint density at radius 1 is 1.25 bits per heavy atom. The van der Waals surface area contributed by atoms with Crippen molar-refractivity contribution in [2.45, 2.75) is 19.8 Å². The number of phenolic OH excluding ortho intramolecular Hbond substituents is 1. The highest BCUT2D eigenvalue weighted by molar-refractivity contribution is 8.03. The van der Waals surface area contributed by atoms with Crippen molar-refractivity contribution < 1.29 is 24.2 Å². The van der Waals surface area contributed by atoms with Gasteiger partial charge < -0.3 is 25.2 Å². The number of aryl methyl sites for hydroxylation is 1. The van der Waals surface area contributed by atoms with E-state index in [0.717, 1.165) is 17.3 Å². The summed E-state index contributed by atoms with van der Waals surface area (Å²) in [5, 5.41) is 26.6. The summed E-state index contributed by atoms with van der Waals surface area (Å²) in [6, 6.07) is 14.3. The van der Waals surface area contributed by atoms with E-state index in [2.05, 4.69) is 23.3 Å². The van der Waals surface area contributed by atoms with Gasteiger partial charge in [0.1, 0.15) is 6.61 Å². The maximum atomic E-state index is 13.0. The lowest BCUT2D eigenvalue weighted by Gasteiger charge is -2.29. The number of nitriles is 1. The number of ether oxygens (including phenoxy) is 2. The molecule has 0 radical (unpaired) electrons. The molecular weight excluding hydrogens is 478 g/mol. The summed E-state index contributed by atoms with van der Waals surface area (Å²) >= 11 is 1.16. The summed E-state index contributed by atoms with van der Waals surface area (Å²) in [4.78, 5) is 25.6. The van der Waals surface area contributed by atoms with E-state index in [1.165, 1.54) is 19.3 Å². The van der Waals surface area contributed by atoms with E-state index in [4.69, 9.17) is 9.47 Å². The normalized spacial score (nSPS) is 15.0. The van der Waals surface area contributed by atoms with Crippen LogP contribution in [-0.2, 0) is 14.3 Å². The molecule has 1 unspecified atom stereocenters. The van der Waals surface area contributed by atoms with Gasteiger partial charge in [0.2, 0.25) is 5.91 Å². The molecule has 36 heavy (non-hydrogen) atoms. The van der Waals surface area contributed by atoms with Crippen molar-refractivity contribution in [1.29, 1.82) is 5.26 Å². The molecule has 3 rings (SSSR count). The summed E-state index contributed by atoms with van der Waals surface area (Å²) < 4.78 is 10.5. The van der Waals surface area contributed by atoms with Crippen LogP contribution >= 0.6 is 11.8 Å². The number of allylic oxidation sites excluding steroid dienone is 2. The predicted octanol–water partition coefficient (Wildman–Crippen LogP) is 4.51. The van der Waals surface area contributed by atoms with Gasteiger partial charge in [0.15, 0.2) is 11.5 Å². The number of carbonyl (C=O) groups excluding carboxylic acids is 2. The van der Waals surface area contributed by atoms with Gasteiger partial charge in [-0.15, -0.1) is 0 Å². The standard InChI is InChI=1S/C27H27N3O5S/c1-5-12-35-27(33)24-17(3)29-26(36-15-23(32)30-19-9-6-16(2)7-10-19)20(14-28)25(24)18-8-11-21(31)22(13-18)34-4/h5-11,13,25,29,31H,1,12,15H2,2-4H3,(H,30,32). The third-order valence-corrected chi connectivity index (χ3v) is 6.44. The highest BCUT2D eigenvalue weighted by Crippen LogP contribution is 2.43. The average molecular weight is 506 g/mol. The fourth-order valence-corrected chi connectivity index (χ4v) is 4.58. The van der Waals surface area contributed by atoms with Gasteiger partial charge in [0.25, 0.3) is 0 Å². The molecule has 1 aliphatic rings. The zero-order chi connectivity index (χ0) is 26.2. The van der Waals surface area contributed by atoms with E-state index in [9.17, 15) is 20.0 Å². The van der Waals surface area contributed by atoms with Gasteiger partial charge in [-0.3, -0.25) is 4.79 Å². The number of anilines is 1. The van der Waals surface area contributed by atoms with Crippen LogP contribution in [0.1, 0.15) is 24.0 Å². The maximum Gasteiger partial charge on any atom is 0.337 e. The van der Waals surface area contributed by atoms with Crippen LogP contribution in [0.4, 0.5) is 5.69 Å². The molecule has 0 aromatic heterocycles. The zero-order valence-electron chi connectivity index (χ0n) is 20.3. The van der Waals surface area contributed by atoms with Crippen LogP contribution in [0.15, 0.2) is 77.0 Å². The number of carbonyl (C=O) groups is 2. The number of nitrogens with zero attached hydrogens (tertiary/aromatic N) is 1. The van der Waals surface area contributed by atoms with Crippen LogP contribution in [0.3, 0.4) is 0 Å². The molecule has 1 amide bonds. The number of nitrogens with one attached hydrogen (secondary N) is 2. The van der Waals surface area contributed by atoms with Crippen LogP contribution in [-0.4, -0.2) is 36.5 Å². The van der Waals surface area contributed by atoms with E-state index in [-0.39, 0.29) is 40.9 Å². The van der Waals surface area contributed by atoms with E-state index in [0.29, 0.717) is 22.0 Å². The minimum absolute atomic E-state index is 0.00756. The number of hydrogen-bond acceptors (Lipinski definition) is 8. The number of esters is 1. The molecule has 2 aromatic rings. The fourth-order valence-electron chi connectivity index (χ4n) is 3.69. The molecule has 2 aromatic carbocycles. The second kappa shape index (κ2) is 12.0. The number of phenols is 1. The largest absolute Gasteiger partial charge is 0.504 e. The third kappa shape index (κ3) is 6.09. The molecule has 1 aliphatic heterocycles. The highest BCUT2D eigenvalue weighted by atomic mass is 32.2. The first kappa shape index (κ1) is 26.4. The molecule has 0 aliphatic carbocycles. The number of aromatic hydroxyl groups is 1. The number of dihydropyridines is 1. The minimum Gasteiger partial charge on any atom is -0.504 e. The van der Waals surface area contributed by atoms with Crippen molar-refractivity contribution in [3.05, 3.63) is 88.1 Å². The van der Waals surface area contributed by atoms with Crippen LogP contribution in [0.5, 0.6) is 11.5 Å². The Balaban J connectivity index is 1.94. The molecule has 186 valence electrons. The summed E-state index contributed by atoms with van der Waals surface area (Å²) in [5.74, 6) is -1.48. The minimum atomic E-state index is -0.800. The van der Waals surface area contributed by atoms with Crippen molar-refractivity contribution >= 4 is 29.3 Å². The van der Waals surface area contributed by atoms with Gasteiger partial charge in [0.05, 0.1) is 41.0 Å². The molecule has 1 atom stereocenters. The summed E-state index contributed by atoms with van der Waals surface area (Å²) in [5.41, 5.74) is 3.28. The second-order valence-electron chi connectivity index (χ2n) is 7.97. The molecule has 8 nitrogen and oxygen atoms in total. The molecule has 0 bridgehead atoms. The van der Waals surface area contributed by atoms with Crippen molar-refractivity contribution in [2.24, 2.45) is 0 Å². The summed E-state index contributed by atoms with van der Waals surface area (Å²) in [6.45, 7) is 7.24. The zero-order valence-corrected chi connectivity index (χ0v) is 21.1. The Labute approximate surface area is 214 Å².